The lowest BCUT2D eigenvalue weighted by molar-refractivity contribution is -0.132. The molecule has 4 heteroatoms. The molecule has 0 aromatic heterocycles. The summed E-state index contributed by atoms with van der Waals surface area (Å²) < 4.78 is 0. The highest BCUT2D eigenvalue weighted by atomic mass is 32.2. The summed E-state index contributed by atoms with van der Waals surface area (Å²) in [5.74, 6) is 1.97. The van der Waals surface area contributed by atoms with Crippen molar-refractivity contribution in [1.29, 1.82) is 0 Å². The maximum Gasteiger partial charge on any atom is 0.222 e. The molecule has 2 rings (SSSR count). The van der Waals surface area contributed by atoms with E-state index in [-0.39, 0.29) is 0 Å². The molecule has 0 spiro atoms. The van der Waals surface area contributed by atoms with Gasteiger partial charge in [-0.05, 0) is 44.8 Å². The lowest BCUT2D eigenvalue weighted by Gasteiger charge is -2.31. The van der Waals surface area contributed by atoms with Gasteiger partial charge in [0.25, 0.3) is 0 Å². The second-order valence-electron chi connectivity index (χ2n) is 5.99. The zero-order chi connectivity index (χ0) is 13.1. The first-order valence-corrected chi connectivity index (χ1v) is 8.50. The van der Waals surface area contributed by atoms with E-state index in [1.54, 1.807) is 0 Å². The highest BCUT2D eigenvalue weighted by Gasteiger charge is 2.34. The predicted molar refractivity (Wildman–Crippen MR) is 77.9 cm³/mol. The normalized spacial score (nSPS) is 32.3. The van der Waals surface area contributed by atoms with Gasteiger partial charge >= 0.3 is 0 Å². The van der Waals surface area contributed by atoms with E-state index < -0.39 is 0 Å². The Morgan fingerprint density at radius 2 is 2.00 bits per heavy atom. The lowest BCUT2D eigenvalue weighted by atomic mass is 9.89. The van der Waals surface area contributed by atoms with E-state index >= 15 is 0 Å². The second-order valence-corrected chi connectivity index (χ2v) is 6.90. The van der Waals surface area contributed by atoms with Crippen LogP contribution in [0.3, 0.4) is 0 Å². The van der Waals surface area contributed by atoms with Gasteiger partial charge in [0.05, 0.1) is 0 Å². The lowest BCUT2D eigenvalue weighted by Crippen LogP contribution is -2.42. The van der Waals surface area contributed by atoms with Crippen LogP contribution in [0.4, 0.5) is 0 Å². The van der Waals surface area contributed by atoms with E-state index in [1.807, 2.05) is 23.7 Å². The number of nitrogens with one attached hydrogen (secondary N) is 1. The Bertz CT molecular complexity index is 286. The molecule has 2 fully saturated rings. The molecule has 18 heavy (non-hydrogen) atoms. The standard InChI is InChI=1S/C14H26N2OS/c1-10(9-18-3)16(2)14(17)8-11-6-12-4-5-13(7-11)15-12/h10-13,15H,4-9H2,1-3H3. The second kappa shape index (κ2) is 6.29. The van der Waals surface area contributed by atoms with Crippen LogP contribution in [0.25, 0.3) is 0 Å². The Morgan fingerprint density at radius 3 is 2.56 bits per heavy atom. The average molecular weight is 270 g/mol. The van der Waals surface area contributed by atoms with Crippen molar-refractivity contribution in [1.82, 2.24) is 10.2 Å². The average Bonchev–Trinajstić information content (AvgIpc) is 2.68. The van der Waals surface area contributed by atoms with Crippen LogP contribution in [0.2, 0.25) is 0 Å². The molecule has 2 heterocycles. The first-order chi connectivity index (χ1) is 8.60. The van der Waals surface area contributed by atoms with E-state index in [9.17, 15) is 4.79 Å². The van der Waals surface area contributed by atoms with Gasteiger partial charge in [-0.15, -0.1) is 0 Å². The minimum Gasteiger partial charge on any atom is -0.342 e. The van der Waals surface area contributed by atoms with Crippen LogP contribution in [0.15, 0.2) is 0 Å². The van der Waals surface area contributed by atoms with Gasteiger partial charge in [-0.25, -0.2) is 0 Å². The molecule has 0 aliphatic carbocycles. The van der Waals surface area contributed by atoms with Crippen LogP contribution < -0.4 is 5.32 Å². The fraction of sp³-hybridized carbons (Fsp3) is 0.929. The number of hydrogen-bond acceptors (Lipinski definition) is 3. The number of carbonyl (C=O) groups excluding carboxylic acids is 1. The highest BCUT2D eigenvalue weighted by molar-refractivity contribution is 7.98. The van der Waals surface area contributed by atoms with Crippen molar-refractivity contribution in [2.75, 3.05) is 19.1 Å². The van der Waals surface area contributed by atoms with Crippen LogP contribution in [0, 0.1) is 5.92 Å². The van der Waals surface area contributed by atoms with Crippen molar-refractivity contribution in [2.24, 2.45) is 5.92 Å². The molecule has 3 unspecified atom stereocenters. The Kier molecular flexibility index (Phi) is 4.96. The van der Waals surface area contributed by atoms with Crippen LogP contribution in [-0.2, 0) is 4.79 Å². The number of hydrogen-bond donors (Lipinski definition) is 1. The Morgan fingerprint density at radius 1 is 1.39 bits per heavy atom. The van der Waals surface area contributed by atoms with Gasteiger partial charge in [0.1, 0.15) is 0 Å². The minimum atomic E-state index is 0.336. The monoisotopic (exact) mass is 270 g/mol. The quantitative estimate of drug-likeness (QED) is 0.830. The summed E-state index contributed by atoms with van der Waals surface area (Å²) in [5.41, 5.74) is 0. The summed E-state index contributed by atoms with van der Waals surface area (Å²) in [6, 6.07) is 1.73. The van der Waals surface area contributed by atoms with E-state index in [1.165, 1.54) is 25.7 Å². The number of nitrogens with zero attached hydrogens (tertiary/aromatic N) is 1. The topological polar surface area (TPSA) is 32.3 Å². The zero-order valence-electron chi connectivity index (χ0n) is 11.8. The van der Waals surface area contributed by atoms with E-state index in [2.05, 4.69) is 18.5 Å². The predicted octanol–water partition coefficient (Wildman–Crippen LogP) is 2.12. The number of rotatable bonds is 5. The summed E-state index contributed by atoms with van der Waals surface area (Å²) in [6.45, 7) is 2.14. The molecule has 0 radical (unpaired) electrons. The van der Waals surface area contributed by atoms with E-state index in [4.69, 9.17) is 0 Å². The number of thioether (sulfide) groups is 1. The molecular formula is C14H26N2OS. The molecule has 2 aliphatic rings. The molecule has 0 aromatic rings. The summed E-state index contributed by atoms with van der Waals surface area (Å²) in [5, 5.41) is 3.64. The Hall–Kier alpha value is -0.220. The first kappa shape index (κ1) is 14.2. The summed E-state index contributed by atoms with van der Waals surface area (Å²) >= 11 is 1.81. The molecule has 0 saturated carbocycles. The molecular weight excluding hydrogens is 244 g/mol. The van der Waals surface area contributed by atoms with Gasteiger partial charge in [-0.3, -0.25) is 4.79 Å². The van der Waals surface area contributed by atoms with Crippen molar-refractivity contribution in [2.45, 2.75) is 57.2 Å². The van der Waals surface area contributed by atoms with Crippen LogP contribution in [-0.4, -0.2) is 48.0 Å². The number of piperidine rings is 1. The molecule has 0 aromatic carbocycles. The van der Waals surface area contributed by atoms with Crippen molar-refractivity contribution >= 4 is 17.7 Å². The van der Waals surface area contributed by atoms with E-state index in [0.29, 0.717) is 30.0 Å². The Balaban J connectivity index is 1.80. The van der Waals surface area contributed by atoms with Crippen molar-refractivity contribution < 1.29 is 4.79 Å². The van der Waals surface area contributed by atoms with Gasteiger partial charge < -0.3 is 10.2 Å². The maximum atomic E-state index is 12.3. The smallest absolute Gasteiger partial charge is 0.222 e. The molecule has 2 bridgehead atoms. The number of amides is 1. The zero-order valence-corrected chi connectivity index (χ0v) is 12.6. The molecule has 2 saturated heterocycles. The largest absolute Gasteiger partial charge is 0.342 e. The minimum absolute atomic E-state index is 0.336. The maximum absolute atomic E-state index is 12.3. The molecule has 3 atom stereocenters. The molecule has 1 N–H and O–H groups in total. The summed E-state index contributed by atoms with van der Waals surface area (Å²) in [4.78, 5) is 14.2. The third kappa shape index (κ3) is 3.41. The fourth-order valence-corrected chi connectivity index (χ4v) is 4.04. The molecule has 2 aliphatic heterocycles. The van der Waals surface area contributed by atoms with E-state index in [0.717, 1.165) is 12.2 Å². The van der Waals surface area contributed by atoms with Gasteiger partial charge in [-0.1, -0.05) is 0 Å². The first-order valence-electron chi connectivity index (χ1n) is 7.10. The third-order valence-corrected chi connectivity index (χ3v) is 5.31. The van der Waals surface area contributed by atoms with Crippen molar-refractivity contribution in [3.05, 3.63) is 0 Å². The van der Waals surface area contributed by atoms with Gasteiger partial charge in [0, 0.05) is 37.3 Å². The SMILES string of the molecule is CSCC(C)N(C)C(=O)CC1CC2CCC(C1)N2. The van der Waals surface area contributed by atoms with Gasteiger partial charge in [0.2, 0.25) is 5.91 Å². The number of carbonyl (C=O) groups is 1. The van der Waals surface area contributed by atoms with Crippen LogP contribution in [0.5, 0.6) is 0 Å². The van der Waals surface area contributed by atoms with Gasteiger partial charge in [0.15, 0.2) is 0 Å². The number of fused-ring (bicyclic) bond motifs is 2. The van der Waals surface area contributed by atoms with Crippen molar-refractivity contribution in [3.63, 3.8) is 0 Å². The molecule has 1 amide bonds. The Labute approximate surface area is 115 Å². The van der Waals surface area contributed by atoms with Crippen LogP contribution >= 0.6 is 11.8 Å². The van der Waals surface area contributed by atoms with Crippen molar-refractivity contribution in [3.8, 4) is 0 Å². The summed E-state index contributed by atoms with van der Waals surface area (Å²) in [7, 11) is 1.96. The molecule has 104 valence electrons. The molecule has 3 nitrogen and oxygen atoms in total. The van der Waals surface area contributed by atoms with Crippen LogP contribution in [0.1, 0.15) is 39.0 Å². The van der Waals surface area contributed by atoms with Gasteiger partial charge in [-0.2, -0.15) is 11.8 Å². The highest BCUT2D eigenvalue weighted by Crippen LogP contribution is 2.33. The fourth-order valence-electron chi connectivity index (χ4n) is 3.33. The summed E-state index contributed by atoms with van der Waals surface area (Å²) in [6.07, 6.45) is 7.88. The third-order valence-electron chi connectivity index (χ3n) is 4.50.